The first-order valence-electron chi connectivity index (χ1n) is 7.15. The van der Waals surface area contributed by atoms with E-state index in [1.807, 2.05) is 17.4 Å². The summed E-state index contributed by atoms with van der Waals surface area (Å²) in [4.78, 5) is 2.61. The molecular weight excluding hydrogens is 367 g/mol. The molecule has 1 aromatic carbocycles. The third-order valence-corrected chi connectivity index (χ3v) is 6.53. The van der Waals surface area contributed by atoms with Crippen LogP contribution in [0.15, 0.2) is 34.8 Å². The number of hydrogen-bond donors (Lipinski definition) is 0. The van der Waals surface area contributed by atoms with E-state index in [0.29, 0.717) is 4.47 Å². The predicted octanol–water partition coefficient (Wildman–Crippen LogP) is 7.26. The minimum absolute atomic E-state index is 0.204. The second-order valence-electron chi connectivity index (χ2n) is 5.14. The maximum absolute atomic E-state index is 13.6. The Hall–Kier alpha value is -0.710. The Balaban J connectivity index is 1.84. The van der Waals surface area contributed by atoms with E-state index in [9.17, 15) is 4.39 Å². The first kappa shape index (κ1) is 15.2. The van der Waals surface area contributed by atoms with Crippen molar-refractivity contribution in [2.24, 2.45) is 0 Å². The fourth-order valence-corrected chi connectivity index (χ4v) is 5.06. The second-order valence-corrected chi connectivity index (χ2v) is 8.24. The summed E-state index contributed by atoms with van der Waals surface area (Å²) in [5.74, 6) is -0.204. The minimum atomic E-state index is -0.204. The van der Waals surface area contributed by atoms with E-state index in [4.69, 9.17) is 0 Å². The molecule has 0 fully saturated rings. The molecule has 0 bridgehead atoms. The zero-order chi connectivity index (χ0) is 14.8. The van der Waals surface area contributed by atoms with Crippen LogP contribution in [0.2, 0.25) is 0 Å². The van der Waals surface area contributed by atoms with E-state index < -0.39 is 0 Å². The molecule has 3 rings (SSSR count). The molecule has 2 aromatic heterocycles. The highest BCUT2D eigenvalue weighted by Crippen LogP contribution is 2.39. The SMILES string of the molecule is CCCCCc1cc2sc(-c3ccc(Br)c(F)c3)cc2s1. The second kappa shape index (κ2) is 6.59. The Bertz CT molecular complexity index is 726. The summed E-state index contributed by atoms with van der Waals surface area (Å²) in [6.45, 7) is 2.23. The van der Waals surface area contributed by atoms with Crippen LogP contribution in [0.3, 0.4) is 0 Å². The van der Waals surface area contributed by atoms with Gasteiger partial charge in [0.2, 0.25) is 0 Å². The van der Waals surface area contributed by atoms with Crippen molar-refractivity contribution >= 4 is 48.0 Å². The van der Waals surface area contributed by atoms with Gasteiger partial charge in [-0.2, -0.15) is 0 Å². The molecule has 0 unspecified atom stereocenters. The van der Waals surface area contributed by atoms with Crippen molar-refractivity contribution in [1.29, 1.82) is 0 Å². The Morgan fingerprint density at radius 2 is 1.86 bits per heavy atom. The van der Waals surface area contributed by atoms with Crippen molar-refractivity contribution in [3.8, 4) is 10.4 Å². The molecule has 0 saturated carbocycles. The van der Waals surface area contributed by atoms with Crippen LogP contribution in [-0.4, -0.2) is 0 Å². The highest BCUT2D eigenvalue weighted by atomic mass is 79.9. The number of aryl methyl sites for hydroxylation is 1. The van der Waals surface area contributed by atoms with E-state index in [1.165, 1.54) is 40.0 Å². The highest BCUT2D eigenvalue weighted by Gasteiger charge is 2.10. The largest absolute Gasteiger partial charge is 0.206 e. The van der Waals surface area contributed by atoms with Crippen molar-refractivity contribution in [2.75, 3.05) is 0 Å². The maximum Gasteiger partial charge on any atom is 0.138 e. The smallest absolute Gasteiger partial charge is 0.138 e. The van der Waals surface area contributed by atoms with Crippen LogP contribution >= 0.6 is 38.6 Å². The van der Waals surface area contributed by atoms with Crippen molar-refractivity contribution in [1.82, 2.24) is 0 Å². The molecule has 0 aliphatic heterocycles. The molecule has 4 heteroatoms. The molecule has 0 atom stereocenters. The lowest BCUT2D eigenvalue weighted by Gasteiger charge is -1.99. The van der Waals surface area contributed by atoms with E-state index in [-0.39, 0.29) is 5.82 Å². The van der Waals surface area contributed by atoms with E-state index in [0.717, 1.165) is 10.4 Å². The Morgan fingerprint density at radius 3 is 2.57 bits per heavy atom. The van der Waals surface area contributed by atoms with Gasteiger partial charge in [0.15, 0.2) is 0 Å². The molecule has 0 nitrogen and oxygen atoms in total. The van der Waals surface area contributed by atoms with Crippen LogP contribution in [0.4, 0.5) is 4.39 Å². The summed E-state index contributed by atoms with van der Waals surface area (Å²) in [5, 5.41) is 0. The van der Waals surface area contributed by atoms with Crippen LogP contribution in [0.1, 0.15) is 31.1 Å². The zero-order valence-electron chi connectivity index (χ0n) is 11.8. The lowest BCUT2D eigenvalue weighted by atomic mass is 10.2. The first-order valence-corrected chi connectivity index (χ1v) is 9.57. The number of benzene rings is 1. The Morgan fingerprint density at radius 1 is 1.05 bits per heavy atom. The number of fused-ring (bicyclic) bond motifs is 1. The Labute approximate surface area is 140 Å². The van der Waals surface area contributed by atoms with Gasteiger partial charge in [0.05, 0.1) is 4.47 Å². The van der Waals surface area contributed by atoms with Crippen molar-refractivity contribution in [3.05, 3.63) is 45.5 Å². The molecule has 0 N–H and O–H groups in total. The summed E-state index contributed by atoms with van der Waals surface area (Å²) >= 11 is 6.83. The third-order valence-electron chi connectivity index (χ3n) is 3.49. The number of unbranched alkanes of at least 4 members (excludes halogenated alkanes) is 2. The molecule has 0 saturated heterocycles. The van der Waals surface area contributed by atoms with Crippen molar-refractivity contribution < 1.29 is 4.39 Å². The van der Waals surface area contributed by atoms with Crippen LogP contribution in [-0.2, 0) is 6.42 Å². The number of hydrogen-bond acceptors (Lipinski definition) is 2. The summed E-state index contributed by atoms with van der Waals surface area (Å²) in [7, 11) is 0. The van der Waals surface area contributed by atoms with Gasteiger partial charge in [0.25, 0.3) is 0 Å². The number of rotatable bonds is 5. The van der Waals surface area contributed by atoms with Gasteiger partial charge in [0.1, 0.15) is 5.82 Å². The van der Waals surface area contributed by atoms with Gasteiger partial charge >= 0.3 is 0 Å². The van der Waals surface area contributed by atoms with Gasteiger partial charge in [-0.1, -0.05) is 25.8 Å². The van der Waals surface area contributed by atoms with Gasteiger partial charge in [-0.05, 0) is 58.6 Å². The fraction of sp³-hybridized carbons (Fsp3) is 0.294. The summed E-state index contributed by atoms with van der Waals surface area (Å²) < 4.78 is 16.8. The molecule has 3 aromatic rings. The van der Waals surface area contributed by atoms with Crippen LogP contribution < -0.4 is 0 Å². The van der Waals surface area contributed by atoms with Gasteiger partial charge < -0.3 is 0 Å². The third kappa shape index (κ3) is 3.38. The molecule has 0 aliphatic carbocycles. The van der Waals surface area contributed by atoms with Gasteiger partial charge in [-0.25, -0.2) is 4.39 Å². The molecular formula is C17H16BrFS2. The van der Waals surface area contributed by atoms with Crippen LogP contribution in [0.25, 0.3) is 19.8 Å². The lowest BCUT2D eigenvalue weighted by molar-refractivity contribution is 0.622. The molecule has 0 spiro atoms. The number of thiophene rings is 2. The van der Waals surface area contributed by atoms with E-state index in [1.54, 1.807) is 23.5 Å². The van der Waals surface area contributed by atoms with Gasteiger partial charge in [-0.3, -0.25) is 0 Å². The molecule has 0 radical (unpaired) electrons. The maximum atomic E-state index is 13.6. The quantitative estimate of drug-likeness (QED) is 0.407. The van der Waals surface area contributed by atoms with Crippen molar-refractivity contribution in [2.45, 2.75) is 32.6 Å². The highest BCUT2D eigenvalue weighted by molar-refractivity contribution is 9.10. The minimum Gasteiger partial charge on any atom is -0.206 e. The van der Waals surface area contributed by atoms with Crippen LogP contribution in [0.5, 0.6) is 0 Å². The van der Waals surface area contributed by atoms with Gasteiger partial charge in [-0.15, -0.1) is 22.7 Å². The average molecular weight is 383 g/mol. The predicted molar refractivity (Wildman–Crippen MR) is 96.0 cm³/mol. The summed E-state index contributed by atoms with van der Waals surface area (Å²) in [5.41, 5.74) is 0.955. The topological polar surface area (TPSA) is 0 Å². The standard InChI is InChI=1S/C17H16BrFS2/c1-2-3-4-5-12-9-16-17(20-12)10-15(21-16)11-6-7-13(18)14(19)8-11/h6-10H,2-5H2,1H3. The molecule has 0 amide bonds. The average Bonchev–Trinajstić information content (AvgIpc) is 3.00. The normalized spacial score (nSPS) is 11.4. The summed E-state index contributed by atoms with van der Waals surface area (Å²) in [6, 6.07) is 9.83. The first-order chi connectivity index (χ1) is 10.2. The lowest BCUT2D eigenvalue weighted by Crippen LogP contribution is -1.79. The molecule has 110 valence electrons. The number of halogens is 2. The molecule has 0 aliphatic rings. The van der Waals surface area contributed by atoms with E-state index in [2.05, 4.69) is 35.0 Å². The van der Waals surface area contributed by atoms with Gasteiger partial charge in [0, 0.05) is 19.2 Å². The Kier molecular flexibility index (Phi) is 4.77. The molecule has 2 heterocycles. The van der Waals surface area contributed by atoms with Crippen LogP contribution in [0, 0.1) is 5.82 Å². The molecule has 21 heavy (non-hydrogen) atoms. The van der Waals surface area contributed by atoms with Crippen molar-refractivity contribution in [3.63, 3.8) is 0 Å². The monoisotopic (exact) mass is 382 g/mol. The van der Waals surface area contributed by atoms with E-state index >= 15 is 0 Å². The summed E-state index contributed by atoms with van der Waals surface area (Å²) in [6.07, 6.45) is 5.02. The zero-order valence-corrected chi connectivity index (χ0v) is 15.0. The fourth-order valence-electron chi connectivity index (χ4n) is 2.35.